The zero-order chi connectivity index (χ0) is 24.0. The highest BCUT2D eigenvalue weighted by Crippen LogP contribution is 2.51. The molecule has 0 saturated heterocycles. The number of benzene rings is 1. The third-order valence-electron chi connectivity index (χ3n) is 7.13. The Morgan fingerprint density at radius 2 is 2.03 bits per heavy atom. The summed E-state index contributed by atoms with van der Waals surface area (Å²) in [5, 5.41) is 23.4. The topological polar surface area (TPSA) is 125 Å². The molecule has 4 aliphatic rings. The molecule has 0 radical (unpaired) electrons. The highest BCUT2D eigenvalue weighted by Gasteiger charge is 2.52. The van der Waals surface area contributed by atoms with Crippen molar-refractivity contribution in [2.75, 3.05) is 26.8 Å². The number of hydrogen-bond donors (Lipinski definition) is 3. The Hall–Kier alpha value is -2.91. The van der Waals surface area contributed by atoms with Crippen LogP contribution in [0, 0.1) is 11.8 Å². The van der Waals surface area contributed by atoms with Crippen molar-refractivity contribution in [3.8, 4) is 11.5 Å². The van der Waals surface area contributed by atoms with Gasteiger partial charge in [-0.25, -0.2) is 0 Å². The molecule has 182 valence electrons. The fourth-order valence-corrected chi connectivity index (χ4v) is 5.06. The number of methoxy groups -OCH3 is 1. The lowest BCUT2D eigenvalue weighted by Crippen LogP contribution is -2.56. The van der Waals surface area contributed by atoms with Gasteiger partial charge in [-0.1, -0.05) is 0 Å². The monoisotopic (exact) mass is 470 g/mol. The Kier molecular flexibility index (Phi) is 6.07. The fourth-order valence-electron chi connectivity index (χ4n) is 5.06. The third-order valence-corrected chi connectivity index (χ3v) is 7.13. The van der Waals surface area contributed by atoms with Gasteiger partial charge < -0.3 is 29.9 Å². The molecule has 0 aromatic heterocycles. The molecule has 1 heterocycles. The average molecular weight is 471 g/mol. The number of aliphatic hydroxyl groups excluding tert-OH is 2. The average Bonchev–Trinajstić information content (AvgIpc) is 3.78. The van der Waals surface area contributed by atoms with Crippen molar-refractivity contribution in [1.29, 1.82) is 0 Å². The van der Waals surface area contributed by atoms with E-state index in [2.05, 4.69) is 5.32 Å². The van der Waals surface area contributed by atoms with Gasteiger partial charge in [0.05, 0.1) is 25.7 Å². The Morgan fingerprint density at radius 1 is 1.26 bits per heavy atom. The first-order chi connectivity index (χ1) is 16.5. The van der Waals surface area contributed by atoms with Crippen molar-refractivity contribution in [2.24, 2.45) is 11.8 Å². The number of hydrogen-bond acceptors (Lipinski definition) is 7. The van der Waals surface area contributed by atoms with Gasteiger partial charge >= 0.3 is 0 Å². The number of fused-ring (bicyclic) bond motifs is 3. The third kappa shape index (κ3) is 4.07. The Balaban J connectivity index is 1.57. The van der Waals surface area contributed by atoms with Crippen LogP contribution >= 0.6 is 0 Å². The predicted molar refractivity (Wildman–Crippen MR) is 121 cm³/mol. The number of aldehydes is 1. The summed E-state index contributed by atoms with van der Waals surface area (Å²) in [6.45, 7) is 0.393. The van der Waals surface area contributed by atoms with Gasteiger partial charge in [0.25, 0.3) is 0 Å². The van der Waals surface area contributed by atoms with E-state index in [1.54, 1.807) is 23.1 Å². The maximum absolute atomic E-state index is 13.2. The maximum Gasteiger partial charge on any atom is 0.247 e. The molecule has 0 spiro atoms. The maximum atomic E-state index is 13.2. The van der Waals surface area contributed by atoms with Gasteiger partial charge in [0.2, 0.25) is 11.8 Å². The number of ether oxygens (including phenoxy) is 2. The smallest absolute Gasteiger partial charge is 0.247 e. The molecule has 34 heavy (non-hydrogen) atoms. The highest BCUT2D eigenvalue weighted by molar-refractivity contribution is 5.96. The van der Waals surface area contributed by atoms with Gasteiger partial charge in [-0.3, -0.25) is 14.4 Å². The Bertz CT molecular complexity index is 1030. The van der Waals surface area contributed by atoms with Crippen LogP contribution in [0.4, 0.5) is 0 Å². The van der Waals surface area contributed by atoms with Crippen molar-refractivity contribution in [3.05, 3.63) is 34.9 Å². The van der Waals surface area contributed by atoms with Crippen molar-refractivity contribution in [2.45, 2.75) is 49.9 Å². The molecule has 1 aromatic rings. The van der Waals surface area contributed by atoms with Crippen LogP contribution in [0.5, 0.6) is 11.5 Å². The summed E-state index contributed by atoms with van der Waals surface area (Å²) in [6, 6.07) is 2.49. The first-order valence-corrected chi connectivity index (χ1v) is 11.9. The molecule has 1 aromatic carbocycles. The molecule has 3 N–H and O–H groups in total. The van der Waals surface area contributed by atoms with E-state index in [0.29, 0.717) is 46.9 Å². The van der Waals surface area contributed by atoms with Crippen LogP contribution in [0.3, 0.4) is 0 Å². The van der Waals surface area contributed by atoms with Crippen LogP contribution in [0.1, 0.15) is 47.5 Å². The van der Waals surface area contributed by atoms with Crippen LogP contribution in [0.25, 0.3) is 0 Å². The van der Waals surface area contributed by atoms with Crippen molar-refractivity contribution < 1.29 is 34.1 Å². The molecule has 4 unspecified atom stereocenters. The van der Waals surface area contributed by atoms with Crippen LogP contribution in [0.2, 0.25) is 0 Å². The summed E-state index contributed by atoms with van der Waals surface area (Å²) in [7, 11) is 1.46. The zero-order valence-corrected chi connectivity index (χ0v) is 19.1. The van der Waals surface area contributed by atoms with Crippen LogP contribution < -0.4 is 14.8 Å². The first-order valence-electron chi connectivity index (χ1n) is 11.9. The molecule has 9 nitrogen and oxygen atoms in total. The quantitative estimate of drug-likeness (QED) is 0.456. The summed E-state index contributed by atoms with van der Waals surface area (Å²) in [4.78, 5) is 39.7. The van der Waals surface area contributed by atoms with Gasteiger partial charge in [-0.05, 0) is 49.8 Å². The van der Waals surface area contributed by atoms with E-state index in [0.717, 1.165) is 25.7 Å². The molecule has 0 bridgehead atoms. The van der Waals surface area contributed by atoms with Crippen LogP contribution in [-0.2, 0) is 9.59 Å². The second-order valence-electron chi connectivity index (χ2n) is 9.61. The van der Waals surface area contributed by atoms with E-state index >= 15 is 0 Å². The van der Waals surface area contributed by atoms with Crippen molar-refractivity contribution >= 4 is 18.1 Å². The van der Waals surface area contributed by atoms with Crippen LogP contribution in [-0.4, -0.2) is 78.3 Å². The molecule has 5 rings (SSSR count). The molecular weight excluding hydrogens is 440 g/mol. The molecule has 3 aliphatic carbocycles. The van der Waals surface area contributed by atoms with Crippen molar-refractivity contribution in [3.63, 3.8) is 0 Å². The lowest BCUT2D eigenvalue weighted by molar-refractivity contribution is -0.138. The van der Waals surface area contributed by atoms with Crippen molar-refractivity contribution in [1.82, 2.24) is 10.2 Å². The molecular formula is C25H30N2O7. The fraction of sp³-hybridized carbons (Fsp3) is 0.560. The molecule has 2 fully saturated rings. The standard InChI is InChI=1S/C25H30N2O7/c1-33-19-9-14(12-29)8-16-20-17(24(31)26-6-7-28)10-18(21(30)23(20)34-22(16)19)27(11-13-2-3-13)25(32)15-4-5-15/h8-10,12-13,15,18,20-21,23,28,30H,2-7,11H2,1H3,(H,26,31). The van der Waals surface area contributed by atoms with E-state index < -0.39 is 30.1 Å². The summed E-state index contributed by atoms with van der Waals surface area (Å²) < 4.78 is 11.6. The van der Waals surface area contributed by atoms with Gasteiger partial charge in [-0.2, -0.15) is 0 Å². The number of carbonyl (C=O) groups excluding carboxylic acids is 3. The number of rotatable bonds is 9. The lowest BCUT2D eigenvalue weighted by Gasteiger charge is -2.41. The summed E-state index contributed by atoms with van der Waals surface area (Å²) in [5.74, 6) is 0.0655. The van der Waals surface area contributed by atoms with E-state index in [4.69, 9.17) is 9.47 Å². The van der Waals surface area contributed by atoms with Gasteiger partial charge in [0.1, 0.15) is 18.5 Å². The van der Waals surface area contributed by atoms with E-state index in [9.17, 15) is 24.6 Å². The summed E-state index contributed by atoms with van der Waals surface area (Å²) in [6.07, 6.45) is 4.25. The predicted octanol–water partition coefficient (Wildman–Crippen LogP) is 0.779. The lowest BCUT2D eigenvalue weighted by atomic mass is 9.77. The van der Waals surface area contributed by atoms with E-state index in [-0.39, 0.29) is 25.0 Å². The minimum atomic E-state index is -1.07. The summed E-state index contributed by atoms with van der Waals surface area (Å²) in [5.41, 5.74) is 1.30. The van der Waals surface area contributed by atoms with E-state index in [1.807, 2.05) is 0 Å². The number of carbonyl (C=O) groups is 3. The minimum absolute atomic E-state index is 0.0112. The molecule has 2 saturated carbocycles. The Morgan fingerprint density at radius 3 is 2.65 bits per heavy atom. The molecule has 9 heteroatoms. The summed E-state index contributed by atoms with van der Waals surface area (Å²) >= 11 is 0. The van der Waals surface area contributed by atoms with Gasteiger partial charge in [0, 0.05) is 35.7 Å². The highest BCUT2D eigenvalue weighted by atomic mass is 16.5. The SMILES string of the molecule is COc1cc(C=O)cc2c1OC1C2C(C(=O)NCCO)=CC(N(CC2CC2)C(=O)C2CC2)C1O. The normalized spacial score (nSPS) is 27.1. The first kappa shape index (κ1) is 22.9. The molecule has 2 amide bonds. The van der Waals surface area contributed by atoms with Crippen LogP contribution in [0.15, 0.2) is 23.8 Å². The second kappa shape index (κ2) is 9.03. The second-order valence-corrected chi connectivity index (χ2v) is 9.61. The number of nitrogens with zero attached hydrogens (tertiary/aromatic N) is 1. The largest absolute Gasteiger partial charge is 0.493 e. The van der Waals surface area contributed by atoms with E-state index in [1.165, 1.54) is 7.11 Å². The number of amides is 2. The minimum Gasteiger partial charge on any atom is -0.493 e. The number of nitrogens with one attached hydrogen (secondary N) is 1. The molecule has 1 aliphatic heterocycles. The zero-order valence-electron chi connectivity index (χ0n) is 19.1. The Labute approximate surface area is 197 Å². The van der Waals surface area contributed by atoms with Gasteiger partial charge in [0.15, 0.2) is 11.5 Å². The number of aliphatic hydroxyl groups is 2. The molecule has 4 atom stereocenters. The van der Waals surface area contributed by atoms with Gasteiger partial charge in [-0.15, -0.1) is 0 Å².